The predicted octanol–water partition coefficient (Wildman–Crippen LogP) is 3.66. The van der Waals surface area contributed by atoms with Crippen LogP contribution in [0.25, 0.3) is 0 Å². The molecule has 0 saturated heterocycles. The van der Waals surface area contributed by atoms with E-state index in [0.29, 0.717) is 24.4 Å². The Balaban J connectivity index is 1.70. The summed E-state index contributed by atoms with van der Waals surface area (Å²) < 4.78 is 7.44. The number of hydrogen-bond acceptors (Lipinski definition) is 4. The van der Waals surface area contributed by atoms with Crippen molar-refractivity contribution in [2.75, 3.05) is 12.4 Å². The fraction of sp³-hybridized carbons (Fsp3) is 0.261. The van der Waals surface area contributed by atoms with E-state index in [2.05, 4.69) is 22.7 Å². The van der Waals surface area contributed by atoms with Gasteiger partial charge in [0.05, 0.1) is 5.69 Å². The number of benzene rings is 2. The van der Waals surface area contributed by atoms with Gasteiger partial charge in [0.2, 0.25) is 0 Å². The van der Waals surface area contributed by atoms with Crippen molar-refractivity contribution < 1.29 is 14.3 Å². The maximum absolute atomic E-state index is 12.8. The monoisotopic (exact) mass is 406 g/mol. The third-order valence-electron chi connectivity index (χ3n) is 4.70. The molecule has 0 aliphatic carbocycles. The normalized spacial score (nSPS) is 10.5. The lowest BCUT2D eigenvalue weighted by molar-refractivity contribution is 0.0958. The van der Waals surface area contributed by atoms with E-state index in [9.17, 15) is 9.59 Å². The second-order valence-electron chi connectivity index (χ2n) is 6.77. The molecule has 1 aromatic heterocycles. The zero-order valence-corrected chi connectivity index (χ0v) is 17.4. The Hall–Kier alpha value is -3.61. The molecule has 0 radical (unpaired) electrons. The maximum atomic E-state index is 12.8. The lowest BCUT2D eigenvalue weighted by Crippen LogP contribution is -2.21. The van der Waals surface area contributed by atoms with Gasteiger partial charge in [-0.1, -0.05) is 31.2 Å². The van der Waals surface area contributed by atoms with E-state index < -0.39 is 0 Å². The van der Waals surface area contributed by atoms with Crippen molar-refractivity contribution in [2.45, 2.75) is 33.4 Å². The molecule has 0 aliphatic rings. The summed E-state index contributed by atoms with van der Waals surface area (Å²) >= 11 is 0. The number of hydrogen-bond donors (Lipinski definition) is 2. The number of carbonyl (C=O) groups is 2. The summed E-state index contributed by atoms with van der Waals surface area (Å²) in [5.74, 6) is 0.114. The lowest BCUT2D eigenvalue weighted by Gasteiger charge is -2.09. The van der Waals surface area contributed by atoms with Gasteiger partial charge >= 0.3 is 0 Å². The second kappa shape index (κ2) is 9.73. The van der Waals surface area contributed by atoms with Crippen LogP contribution in [0.2, 0.25) is 0 Å². The third kappa shape index (κ3) is 5.05. The summed E-state index contributed by atoms with van der Waals surface area (Å²) in [6.07, 6.45) is 2.63. The zero-order valence-electron chi connectivity index (χ0n) is 17.4. The first-order valence-electron chi connectivity index (χ1n) is 9.95. The molecule has 0 fully saturated rings. The average molecular weight is 406 g/mol. The molecule has 0 unspecified atom stereocenters. The summed E-state index contributed by atoms with van der Waals surface area (Å²) in [7, 11) is 1.53. The number of rotatable bonds is 8. The number of aryl methyl sites for hydroxylation is 2. The number of amides is 2. The van der Waals surface area contributed by atoms with E-state index in [0.717, 1.165) is 17.7 Å². The van der Waals surface area contributed by atoms with E-state index in [1.165, 1.54) is 12.6 Å². The average Bonchev–Trinajstić information content (AvgIpc) is 3.20. The standard InChI is InChI=1S/C23H26N4O3/c1-4-16-9-11-19(12-10-16)30-15-17-7-6-8-18(13-17)22(28)25-20-14-27(5-2)26-21(20)23(29)24-3/h6-14H,4-5,15H2,1-3H3,(H,24,29)(H,25,28). The number of aromatic nitrogens is 2. The molecule has 7 heteroatoms. The van der Waals surface area contributed by atoms with Crippen LogP contribution < -0.4 is 15.4 Å². The summed E-state index contributed by atoms with van der Waals surface area (Å²) in [6.45, 7) is 4.96. The quantitative estimate of drug-likeness (QED) is 0.598. The molecular weight excluding hydrogens is 380 g/mol. The smallest absolute Gasteiger partial charge is 0.273 e. The van der Waals surface area contributed by atoms with Crippen LogP contribution in [0.5, 0.6) is 5.75 Å². The number of ether oxygens (including phenoxy) is 1. The predicted molar refractivity (Wildman–Crippen MR) is 116 cm³/mol. The minimum absolute atomic E-state index is 0.183. The first-order valence-corrected chi connectivity index (χ1v) is 9.95. The van der Waals surface area contributed by atoms with Crippen LogP contribution in [-0.4, -0.2) is 28.6 Å². The number of nitrogens with zero attached hydrogens (tertiary/aromatic N) is 2. The molecule has 0 saturated carbocycles. The van der Waals surface area contributed by atoms with Crippen molar-refractivity contribution in [3.63, 3.8) is 0 Å². The highest BCUT2D eigenvalue weighted by molar-refractivity contribution is 6.08. The van der Waals surface area contributed by atoms with Gasteiger partial charge < -0.3 is 15.4 Å². The fourth-order valence-corrected chi connectivity index (χ4v) is 2.95. The van der Waals surface area contributed by atoms with Crippen LogP contribution in [0.4, 0.5) is 5.69 Å². The third-order valence-corrected chi connectivity index (χ3v) is 4.70. The van der Waals surface area contributed by atoms with Crippen LogP contribution in [0.3, 0.4) is 0 Å². The van der Waals surface area contributed by atoms with Crippen molar-refractivity contribution in [1.82, 2.24) is 15.1 Å². The van der Waals surface area contributed by atoms with Crippen molar-refractivity contribution in [2.24, 2.45) is 0 Å². The Labute approximate surface area is 176 Å². The molecule has 0 aliphatic heterocycles. The Kier molecular flexibility index (Phi) is 6.85. The van der Waals surface area contributed by atoms with Crippen molar-refractivity contribution in [3.8, 4) is 5.75 Å². The molecule has 2 amide bonds. The first-order chi connectivity index (χ1) is 14.5. The second-order valence-corrected chi connectivity index (χ2v) is 6.77. The molecular formula is C23H26N4O3. The summed E-state index contributed by atoms with van der Waals surface area (Å²) in [5, 5.41) is 9.53. The van der Waals surface area contributed by atoms with Crippen molar-refractivity contribution in [3.05, 3.63) is 77.1 Å². The Morgan fingerprint density at radius 1 is 1.03 bits per heavy atom. The van der Waals surface area contributed by atoms with Gasteiger partial charge in [0.1, 0.15) is 12.4 Å². The lowest BCUT2D eigenvalue weighted by atomic mass is 10.1. The Bertz CT molecular complexity index is 1030. The van der Waals surface area contributed by atoms with Crippen LogP contribution in [0.1, 0.15) is 45.8 Å². The Morgan fingerprint density at radius 3 is 2.47 bits per heavy atom. The first kappa shape index (κ1) is 21.1. The molecule has 7 nitrogen and oxygen atoms in total. The SMILES string of the molecule is CCc1ccc(OCc2cccc(C(=O)Nc3cn(CC)nc3C(=O)NC)c2)cc1. The largest absolute Gasteiger partial charge is 0.489 e. The van der Waals surface area contributed by atoms with Gasteiger partial charge in [0, 0.05) is 25.4 Å². The molecule has 0 spiro atoms. The minimum Gasteiger partial charge on any atom is -0.489 e. The van der Waals surface area contributed by atoms with Crippen LogP contribution >= 0.6 is 0 Å². The van der Waals surface area contributed by atoms with Gasteiger partial charge in [-0.3, -0.25) is 14.3 Å². The van der Waals surface area contributed by atoms with E-state index in [1.807, 2.05) is 43.3 Å². The summed E-state index contributed by atoms with van der Waals surface area (Å²) in [5.41, 5.74) is 3.16. The zero-order chi connectivity index (χ0) is 21.5. The summed E-state index contributed by atoms with van der Waals surface area (Å²) in [6, 6.07) is 15.2. The van der Waals surface area contributed by atoms with Gasteiger partial charge in [-0.15, -0.1) is 0 Å². The highest BCUT2D eigenvalue weighted by Crippen LogP contribution is 2.18. The van der Waals surface area contributed by atoms with Crippen LogP contribution in [0.15, 0.2) is 54.7 Å². The topological polar surface area (TPSA) is 85.2 Å². The highest BCUT2D eigenvalue weighted by Gasteiger charge is 2.18. The maximum Gasteiger partial charge on any atom is 0.273 e. The Morgan fingerprint density at radius 2 is 1.80 bits per heavy atom. The van der Waals surface area contributed by atoms with Gasteiger partial charge in [0.25, 0.3) is 11.8 Å². The van der Waals surface area contributed by atoms with Gasteiger partial charge in [-0.05, 0) is 48.7 Å². The van der Waals surface area contributed by atoms with Gasteiger partial charge in [-0.2, -0.15) is 5.10 Å². The van der Waals surface area contributed by atoms with E-state index in [1.54, 1.807) is 23.0 Å². The summed E-state index contributed by atoms with van der Waals surface area (Å²) in [4.78, 5) is 24.8. The minimum atomic E-state index is -0.353. The van der Waals surface area contributed by atoms with E-state index in [4.69, 9.17) is 4.74 Å². The fourth-order valence-electron chi connectivity index (χ4n) is 2.95. The molecule has 2 N–H and O–H groups in total. The molecule has 0 atom stereocenters. The number of nitrogens with one attached hydrogen (secondary N) is 2. The van der Waals surface area contributed by atoms with E-state index >= 15 is 0 Å². The van der Waals surface area contributed by atoms with Crippen LogP contribution in [0, 0.1) is 0 Å². The van der Waals surface area contributed by atoms with Crippen molar-refractivity contribution in [1.29, 1.82) is 0 Å². The van der Waals surface area contributed by atoms with Gasteiger partial charge in [0.15, 0.2) is 5.69 Å². The molecule has 30 heavy (non-hydrogen) atoms. The number of anilines is 1. The molecule has 0 bridgehead atoms. The number of carbonyl (C=O) groups excluding carboxylic acids is 2. The molecule has 1 heterocycles. The molecule has 156 valence electrons. The van der Waals surface area contributed by atoms with Gasteiger partial charge in [-0.25, -0.2) is 0 Å². The van der Waals surface area contributed by atoms with E-state index in [-0.39, 0.29) is 17.5 Å². The van der Waals surface area contributed by atoms with Crippen LogP contribution in [-0.2, 0) is 19.6 Å². The highest BCUT2D eigenvalue weighted by atomic mass is 16.5. The van der Waals surface area contributed by atoms with Crippen molar-refractivity contribution >= 4 is 17.5 Å². The molecule has 3 rings (SSSR count). The molecule has 2 aromatic carbocycles. The molecule has 3 aromatic rings.